The van der Waals surface area contributed by atoms with E-state index >= 15 is 0 Å². The molecule has 0 bridgehead atoms. The maximum absolute atomic E-state index is 13.3. The Morgan fingerprint density at radius 3 is 2.69 bits per heavy atom. The number of fused-ring (bicyclic) bond motifs is 2. The van der Waals surface area contributed by atoms with Gasteiger partial charge in [-0.2, -0.15) is 10.1 Å². The van der Waals surface area contributed by atoms with Gasteiger partial charge in [0.15, 0.2) is 10.8 Å². The maximum Gasteiger partial charge on any atom is 0.253 e. The first-order valence-corrected chi connectivity index (χ1v) is 12.7. The predicted octanol–water partition coefficient (Wildman–Crippen LogP) is 5.00. The number of carbonyl (C=O) groups is 1. The molecule has 3 aromatic heterocycles. The Bertz CT molecular complexity index is 1540. The molecule has 0 atom stereocenters. The van der Waals surface area contributed by atoms with Crippen LogP contribution in [0.25, 0.3) is 26.9 Å². The summed E-state index contributed by atoms with van der Waals surface area (Å²) in [6, 6.07) is 18.0. The van der Waals surface area contributed by atoms with Gasteiger partial charge in [-0.25, -0.2) is 4.68 Å². The van der Waals surface area contributed by atoms with Gasteiger partial charge in [-0.1, -0.05) is 35.1 Å². The number of hydrogen-bond acceptors (Lipinski definition) is 6. The van der Waals surface area contributed by atoms with Crippen molar-refractivity contribution in [3.8, 4) is 5.69 Å². The number of nitrogens with zero attached hydrogens (tertiary/aromatic N) is 6. The Balaban J connectivity index is 1.22. The minimum atomic E-state index is 0.0766. The lowest BCUT2D eigenvalue weighted by Gasteiger charge is -2.22. The Kier molecular flexibility index (Phi) is 5.45. The summed E-state index contributed by atoms with van der Waals surface area (Å²) in [5.41, 5.74) is 5.74. The Hall–Kier alpha value is -3.78. The topological polar surface area (TPSA) is 67.2 Å². The highest BCUT2D eigenvalue weighted by Crippen LogP contribution is 2.33. The lowest BCUT2D eigenvalue weighted by molar-refractivity contribution is 0.0767. The lowest BCUT2D eigenvalue weighted by Crippen LogP contribution is -2.35. The van der Waals surface area contributed by atoms with Gasteiger partial charge in [-0.3, -0.25) is 9.78 Å². The Morgan fingerprint density at radius 1 is 0.971 bits per heavy atom. The van der Waals surface area contributed by atoms with Crippen LogP contribution < -0.4 is 4.90 Å². The summed E-state index contributed by atoms with van der Waals surface area (Å²) >= 11 is 1.69. The van der Waals surface area contributed by atoms with Crippen LogP contribution in [0.2, 0.25) is 0 Å². The second-order valence-corrected chi connectivity index (χ2v) is 10.0. The number of pyridine rings is 1. The van der Waals surface area contributed by atoms with Crippen molar-refractivity contribution in [1.82, 2.24) is 24.6 Å². The van der Waals surface area contributed by atoms with Gasteiger partial charge in [0.2, 0.25) is 0 Å². The third-order valence-corrected chi connectivity index (χ3v) is 7.77. The van der Waals surface area contributed by atoms with E-state index in [9.17, 15) is 4.79 Å². The summed E-state index contributed by atoms with van der Waals surface area (Å²) in [7, 11) is 0. The van der Waals surface area contributed by atoms with Crippen LogP contribution in [0.5, 0.6) is 0 Å². The summed E-state index contributed by atoms with van der Waals surface area (Å²) in [6.07, 6.45) is 2.68. The summed E-state index contributed by atoms with van der Waals surface area (Å²) < 4.78 is 3.05. The normalized spacial score (nSPS) is 14.6. The van der Waals surface area contributed by atoms with Crippen molar-refractivity contribution >= 4 is 43.6 Å². The first-order valence-electron chi connectivity index (χ1n) is 11.9. The van der Waals surface area contributed by atoms with Crippen molar-refractivity contribution in [2.24, 2.45) is 0 Å². The maximum atomic E-state index is 13.3. The molecule has 1 fully saturated rings. The molecule has 1 saturated heterocycles. The van der Waals surface area contributed by atoms with Crippen LogP contribution in [0.1, 0.15) is 28.0 Å². The van der Waals surface area contributed by atoms with Crippen LogP contribution in [0.4, 0.5) is 5.13 Å². The van der Waals surface area contributed by atoms with E-state index in [4.69, 9.17) is 10.1 Å². The standard InChI is InChI=1S/C27H26N6OS/c1-18-6-9-22(10-7-18)33-25-24(19(2)30-33)35-27(29-25)32-14-4-13-31(15-16-32)26(34)21-8-11-23-20(17-21)5-3-12-28-23/h3,5-12,17H,4,13-16H2,1-2H3. The van der Waals surface area contributed by atoms with Crippen LogP contribution in [-0.2, 0) is 0 Å². The van der Waals surface area contributed by atoms with Crippen molar-refractivity contribution in [1.29, 1.82) is 0 Å². The van der Waals surface area contributed by atoms with Crippen LogP contribution in [0.3, 0.4) is 0 Å². The molecule has 35 heavy (non-hydrogen) atoms. The number of aryl methyl sites for hydroxylation is 2. The van der Waals surface area contributed by atoms with Crippen LogP contribution in [0.15, 0.2) is 60.8 Å². The zero-order valence-corrected chi connectivity index (χ0v) is 20.6. The molecule has 0 saturated carbocycles. The first-order chi connectivity index (χ1) is 17.1. The summed E-state index contributed by atoms with van der Waals surface area (Å²) in [5.74, 6) is 0.0766. The molecule has 2 aromatic carbocycles. The molecule has 5 aromatic rings. The minimum Gasteiger partial charge on any atom is -0.346 e. The highest BCUT2D eigenvalue weighted by Gasteiger charge is 2.24. The molecule has 1 aliphatic heterocycles. The van der Waals surface area contributed by atoms with Crippen LogP contribution in [-0.4, -0.2) is 56.7 Å². The Morgan fingerprint density at radius 2 is 1.83 bits per heavy atom. The predicted molar refractivity (Wildman–Crippen MR) is 141 cm³/mol. The quantitative estimate of drug-likeness (QED) is 0.362. The molecule has 6 rings (SSSR count). The lowest BCUT2D eigenvalue weighted by atomic mass is 10.1. The molecule has 7 nitrogen and oxygen atoms in total. The van der Waals surface area contributed by atoms with Gasteiger partial charge in [-0.05, 0) is 56.7 Å². The average molecular weight is 483 g/mol. The van der Waals surface area contributed by atoms with E-state index < -0.39 is 0 Å². The first kappa shape index (κ1) is 21.7. The number of aromatic nitrogens is 4. The average Bonchev–Trinajstić information content (AvgIpc) is 3.34. The van der Waals surface area contributed by atoms with Gasteiger partial charge < -0.3 is 9.80 Å². The van der Waals surface area contributed by atoms with Crippen LogP contribution >= 0.6 is 11.3 Å². The molecular weight excluding hydrogens is 456 g/mol. The van der Waals surface area contributed by atoms with Crippen molar-refractivity contribution in [2.45, 2.75) is 20.3 Å². The van der Waals surface area contributed by atoms with Gasteiger partial charge in [0.25, 0.3) is 5.91 Å². The second kappa shape index (κ2) is 8.78. The van der Waals surface area contributed by atoms with E-state index in [1.807, 2.05) is 46.8 Å². The number of amides is 1. The van der Waals surface area contributed by atoms with E-state index in [1.54, 1.807) is 17.5 Å². The largest absolute Gasteiger partial charge is 0.346 e. The van der Waals surface area contributed by atoms with Gasteiger partial charge >= 0.3 is 0 Å². The fourth-order valence-electron chi connectivity index (χ4n) is 4.63. The van der Waals surface area contributed by atoms with E-state index in [-0.39, 0.29) is 5.91 Å². The highest BCUT2D eigenvalue weighted by molar-refractivity contribution is 7.22. The minimum absolute atomic E-state index is 0.0766. The van der Waals surface area contributed by atoms with E-state index in [0.29, 0.717) is 12.1 Å². The monoisotopic (exact) mass is 482 g/mol. The number of carbonyl (C=O) groups excluding carboxylic acids is 1. The zero-order chi connectivity index (χ0) is 23.9. The van der Waals surface area contributed by atoms with Gasteiger partial charge in [0.05, 0.1) is 21.6 Å². The zero-order valence-electron chi connectivity index (χ0n) is 19.8. The van der Waals surface area contributed by atoms with Gasteiger partial charge in [-0.15, -0.1) is 0 Å². The van der Waals surface area contributed by atoms with Crippen molar-refractivity contribution < 1.29 is 4.79 Å². The molecule has 1 aliphatic rings. The van der Waals surface area contributed by atoms with Gasteiger partial charge in [0.1, 0.15) is 0 Å². The third-order valence-electron chi connectivity index (χ3n) is 6.56. The van der Waals surface area contributed by atoms with Crippen molar-refractivity contribution in [2.75, 3.05) is 31.1 Å². The smallest absolute Gasteiger partial charge is 0.253 e. The molecule has 0 unspecified atom stereocenters. The molecular formula is C27H26N6OS. The number of benzene rings is 2. The molecule has 8 heteroatoms. The molecule has 1 amide bonds. The number of hydrogen-bond donors (Lipinski definition) is 0. The second-order valence-electron chi connectivity index (χ2n) is 9.03. The van der Waals surface area contributed by atoms with Crippen LogP contribution in [0, 0.1) is 13.8 Å². The number of anilines is 1. The fourth-order valence-corrected chi connectivity index (χ4v) is 5.67. The number of thiazole rings is 1. The number of rotatable bonds is 3. The van der Waals surface area contributed by atoms with Gasteiger partial charge in [0, 0.05) is 43.3 Å². The summed E-state index contributed by atoms with van der Waals surface area (Å²) in [5, 5.41) is 6.71. The highest BCUT2D eigenvalue weighted by atomic mass is 32.1. The molecule has 0 spiro atoms. The molecule has 0 aliphatic carbocycles. The van der Waals surface area contributed by atoms with Crippen molar-refractivity contribution in [3.63, 3.8) is 0 Å². The third kappa shape index (κ3) is 4.04. The summed E-state index contributed by atoms with van der Waals surface area (Å²) in [4.78, 5) is 26.9. The fraction of sp³-hybridized carbons (Fsp3) is 0.259. The SMILES string of the molecule is Cc1ccc(-n2nc(C)c3sc(N4CCCN(C(=O)c5ccc6ncccc6c5)CC4)nc32)cc1. The summed E-state index contributed by atoms with van der Waals surface area (Å²) in [6.45, 7) is 7.16. The van der Waals surface area contributed by atoms with E-state index in [0.717, 1.165) is 63.8 Å². The van der Waals surface area contributed by atoms with Crippen molar-refractivity contribution in [3.05, 3.63) is 77.6 Å². The van der Waals surface area contributed by atoms with E-state index in [2.05, 4.69) is 41.1 Å². The molecule has 0 N–H and O–H groups in total. The molecule has 176 valence electrons. The molecule has 0 radical (unpaired) electrons. The Labute approximate surface area is 207 Å². The molecule has 4 heterocycles. The van der Waals surface area contributed by atoms with E-state index in [1.165, 1.54) is 5.56 Å².